The minimum absolute atomic E-state index is 0.00567. The van der Waals surface area contributed by atoms with Crippen LogP contribution in [0.15, 0.2) is 27.7 Å². The molecule has 2 N–H and O–H groups in total. The van der Waals surface area contributed by atoms with E-state index in [9.17, 15) is 9.59 Å². The van der Waals surface area contributed by atoms with E-state index in [1.807, 2.05) is 23.8 Å². The van der Waals surface area contributed by atoms with Crippen LogP contribution in [0.2, 0.25) is 0 Å². The first-order valence-electron chi connectivity index (χ1n) is 9.21. The number of fused-ring (bicyclic) bond motifs is 1. The third-order valence-electron chi connectivity index (χ3n) is 4.83. The molecular formula is C18H22N6O2S. The van der Waals surface area contributed by atoms with Gasteiger partial charge in [-0.2, -0.15) is 21.5 Å². The van der Waals surface area contributed by atoms with E-state index >= 15 is 0 Å². The second kappa shape index (κ2) is 7.51. The molecule has 0 saturated heterocycles. The van der Waals surface area contributed by atoms with Crippen LogP contribution in [0.1, 0.15) is 42.5 Å². The van der Waals surface area contributed by atoms with Crippen LogP contribution in [0.5, 0.6) is 0 Å². The molecule has 3 aromatic heterocycles. The number of aromatic nitrogens is 5. The summed E-state index contributed by atoms with van der Waals surface area (Å²) in [4.78, 5) is 24.9. The van der Waals surface area contributed by atoms with Gasteiger partial charge in [0.05, 0.1) is 5.69 Å². The summed E-state index contributed by atoms with van der Waals surface area (Å²) in [5, 5.41) is 18.5. The lowest BCUT2D eigenvalue weighted by molar-refractivity contribution is 0.0927. The van der Waals surface area contributed by atoms with Gasteiger partial charge in [0.25, 0.3) is 5.91 Å². The highest BCUT2D eigenvalue weighted by atomic mass is 32.1. The summed E-state index contributed by atoms with van der Waals surface area (Å²) in [5.41, 5.74) is 2.16. The van der Waals surface area contributed by atoms with Crippen LogP contribution in [0, 0.1) is 0 Å². The van der Waals surface area contributed by atoms with Crippen molar-refractivity contribution in [3.63, 3.8) is 0 Å². The molecule has 0 aromatic carbocycles. The van der Waals surface area contributed by atoms with Crippen LogP contribution in [0.4, 0.5) is 0 Å². The van der Waals surface area contributed by atoms with E-state index in [1.165, 1.54) is 0 Å². The van der Waals surface area contributed by atoms with Crippen molar-refractivity contribution >= 4 is 17.2 Å². The van der Waals surface area contributed by atoms with E-state index in [4.69, 9.17) is 0 Å². The molecule has 0 aliphatic carbocycles. The number of carbonyl (C=O) groups excluding carboxylic acids is 1. The molecule has 9 heteroatoms. The summed E-state index contributed by atoms with van der Waals surface area (Å²) in [6.07, 6.45) is 3.04. The van der Waals surface area contributed by atoms with Crippen molar-refractivity contribution in [3.8, 4) is 11.3 Å². The van der Waals surface area contributed by atoms with Crippen LogP contribution in [-0.2, 0) is 19.5 Å². The molecule has 0 fully saturated rings. The molecular weight excluding hydrogens is 364 g/mol. The van der Waals surface area contributed by atoms with E-state index in [0.29, 0.717) is 31.6 Å². The highest BCUT2D eigenvalue weighted by Gasteiger charge is 2.23. The lowest BCUT2D eigenvalue weighted by atomic mass is 10.1. The van der Waals surface area contributed by atoms with E-state index in [2.05, 4.69) is 20.6 Å². The van der Waals surface area contributed by atoms with Gasteiger partial charge < -0.3 is 5.32 Å². The molecule has 0 spiro atoms. The van der Waals surface area contributed by atoms with Crippen LogP contribution < -0.4 is 11.0 Å². The van der Waals surface area contributed by atoms with Crippen molar-refractivity contribution in [3.05, 3.63) is 44.9 Å². The Hall–Kier alpha value is -2.68. The second-order valence-corrected chi connectivity index (χ2v) is 7.53. The molecule has 142 valence electrons. The molecule has 0 saturated carbocycles. The van der Waals surface area contributed by atoms with Crippen LogP contribution >= 0.6 is 11.3 Å². The summed E-state index contributed by atoms with van der Waals surface area (Å²) in [6.45, 7) is 3.25. The normalized spacial score (nSPS) is 16.7. The molecule has 1 aliphatic heterocycles. The zero-order chi connectivity index (χ0) is 18.8. The maximum Gasteiger partial charge on any atom is 0.345 e. The van der Waals surface area contributed by atoms with Crippen molar-refractivity contribution in [1.82, 2.24) is 29.9 Å². The Bertz CT molecular complexity index is 984. The molecule has 1 atom stereocenters. The summed E-state index contributed by atoms with van der Waals surface area (Å²) in [6, 6.07) is 3.74. The highest BCUT2D eigenvalue weighted by Crippen LogP contribution is 2.20. The SMILES string of the molecule is CCCn1nc2n(c1=O)CCC(NC(=O)c1cc(-c3ccsc3)n[nH]1)CC2. The van der Waals surface area contributed by atoms with Crippen molar-refractivity contribution in [2.75, 3.05) is 0 Å². The van der Waals surface area contributed by atoms with Crippen LogP contribution in [0.3, 0.4) is 0 Å². The zero-order valence-corrected chi connectivity index (χ0v) is 16.0. The summed E-state index contributed by atoms with van der Waals surface area (Å²) >= 11 is 1.59. The van der Waals surface area contributed by atoms with Gasteiger partial charge in [0, 0.05) is 36.5 Å². The maximum absolute atomic E-state index is 12.6. The number of nitrogens with one attached hydrogen (secondary N) is 2. The maximum atomic E-state index is 12.6. The minimum Gasteiger partial charge on any atom is -0.348 e. The van der Waals surface area contributed by atoms with Gasteiger partial charge in [-0.25, -0.2) is 9.48 Å². The van der Waals surface area contributed by atoms with Gasteiger partial charge in [0.1, 0.15) is 11.5 Å². The topological polar surface area (TPSA) is 97.6 Å². The Morgan fingerprint density at radius 3 is 3.11 bits per heavy atom. The van der Waals surface area contributed by atoms with Gasteiger partial charge in [-0.05, 0) is 36.8 Å². The van der Waals surface area contributed by atoms with Crippen LogP contribution in [-0.4, -0.2) is 36.5 Å². The first-order valence-corrected chi connectivity index (χ1v) is 10.2. The number of rotatable bonds is 5. The molecule has 4 rings (SSSR count). The van der Waals surface area contributed by atoms with Crippen molar-refractivity contribution in [2.24, 2.45) is 0 Å². The Balaban J connectivity index is 1.41. The van der Waals surface area contributed by atoms with Gasteiger partial charge in [0.15, 0.2) is 0 Å². The molecule has 8 nitrogen and oxygen atoms in total. The van der Waals surface area contributed by atoms with E-state index in [1.54, 1.807) is 26.7 Å². The number of nitrogens with zero attached hydrogens (tertiary/aromatic N) is 4. The third kappa shape index (κ3) is 3.59. The number of H-pyrrole nitrogens is 1. The third-order valence-corrected chi connectivity index (χ3v) is 5.51. The molecule has 1 amide bonds. The summed E-state index contributed by atoms with van der Waals surface area (Å²) < 4.78 is 3.29. The molecule has 1 aliphatic rings. The molecule has 4 heterocycles. The van der Waals surface area contributed by atoms with Gasteiger partial charge in [-0.3, -0.25) is 14.5 Å². The standard InChI is InChI=1S/C18H22N6O2S/c1-2-7-24-18(26)23-8-5-13(3-4-16(23)22-24)19-17(25)15-10-14(20-21-15)12-6-9-27-11-12/h6,9-11,13H,2-5,7-8H2,1H3,(H,19,25)(H,20,21). The number of aromatic amines is 1. The number of thiophene rings is 1. The van der Waals surface area contributed by atoms with Gasteiger partial charge >= 0.3 is 5.69 Å². The number of hydrogen-bond acceptors (Lipinski definition) is 5. The first kappa shape index (κ1) is 17.7. The minimum atomic E-state index is -0.170. The zero-order valence-electron chi connectivity index (χ0n) is 15.1. The number of hydrogen-bond donors (Lipinski definition) is 2. The lowest BCUT2D eigenvalue weighted by Gasteiger charge is -2.15. The van der Waals surface area contributed by atoms with Crippen molar-refractivity contribution < 1.29 is 4.79 Å². The monoisotopic (exact) mass is 386 g/mol. The molecule has 0 bridgehead atoms. The molecule has 3 aromatic rings. The number of aryl methyl sites for hydroxylation is 2. The molecule has 0 radical (unpaired) electrons. The predicted octanol–water partition coefficient (Wildman–Crippen LogP) is 2.04. The van der Waals surface area contributed by atoms with Gasteiger partial charge in [-0.15, -0.1) is 0 Å². The molecule has 1 unspecified atom stereocenters. The smallest absolute Gasteiger partial charge is 0.345 e. The van der Waals surface area contributed by atoms with E-state index in [0.717, 1.165) is 29.9 Å². The number of amides is 1. The van der Waals surface area contributed by atoms with Crippen LogP contribution in [0.25, 0.3) is 11.3 Å². The van der Waals surface area contributed by atoms with E-state index in [-0.39, 0.29) is 17.6 Å². The Morgan fingerprint density at radius 2 is 2.33 bits per heavy atom. The second-order valence-electron chi connectivity index (χ2n) is 6.75. The fourth-order valence-corrected chi connectivity index (χ4v) is 4.04. The largest absolute Gasteiger partial charge is 0.348 e. The molecule has 27 heavy (non-hydrogen) atoms. The predicted molar refractivity (Wildman–Crippen MR) is 103 cm³/mol. The van der Waals surface area contributed by atoms with E-state index < -0.39 is 0 Å². The Morgan fingerprint density at radius 1 is 1.44 bits per heavy atom. The van der Waals surface area contributed by atoms with Crippen molar-refractivity contribution in [2.45, 2.75) is 51.7 Å². The Labute approximate surface area is 160 Å². The fraction of sp³-hybridized carbons (Fsp3) is 0.444. The average molecular weight is 386 g/mol. The fourth-order valence-electron chi connectivity index (χ4n) is 3.39. The average Bonchev–Trinajstić information content (AvgIpc) is 3.37. The Kier molecular flexibility index (Phi) is 4.93. The first-order chi connectivity index (χ1) is 13.2. The van der Waals surface area contributed by atoms with Crippen molar-refractivity contribution in [1.29, 1.82) is 0 Å². The number of carbonyl (C=O) groups is 1. The highest BCUT2D eigenvalue weighted by molar-refractivity contribution is 7.08. The lowest BCUT2D eigenvalue weighted by Crippen LogP contribution is -2.36. The van der Waals surface area contributed by atoms with Gasteiger partial charge in [-0.1, -0.05) is 6.92 Å². The quantitative estimate of drug-likeness (QED) is 0.701. The summed E-state index contributed by atoms with van der Waals surface area (Å²) in [5.74, 6) is 0.642. The summed E-state index contributed by atoms with van der Waals surface area (Å²) in [7, 11) is 0. The van der Waals surface area contributed by atoms with Gasteiger partial charge in [0.2, 0.25) is 0 Å².